The summed E-state index contributed by atoms with van der Waals surface area (Å²) >= 11 is 1.69. The Hall–Kier alpha value is -1.16. The van der Waals surface area contributed by atoms with Crippen LogP contribution in [0.3, 0.4) is 0 Å². The number of carbonyl (C=O) groups excluding carboxylic acids is 1. The maximum Gasteiger partial charge on any atom is 0.222 e. The van der Waals surface area contributed by atoms with E-state index in [0.717, 1.165) is 5.69 Å². The van der Waals surface area contributed by atoms with E-state index < -0.39 is 0 Å². The molecule has 15 heavy (non-hydrogen) atoms. The molecule has 0 bridgehead atoms. The van der Waals surface area contributed by atoms with Crippen LogP contribution < -0.4 is 11.1 Å². The van der Waals surface area contributed by atoms with Gasteiger partial charge in [0.25, 0.3) is 0 Å². The highest BCUT2D eigenvalue weighted by atomic mass is 32.2. The number of hydrogen-bond acceptors (Lipinski definition) is 3. The second-order valence-corrected chi connectivity index (χ2v) is 4.30. The molecule has 3 nitrogen and oxygen atoms in total. The van der Waals surface area contributed by atoms with Gasteiger partial charge in [0.05, 0.1) is 5.92 Å². The highest BCUT2D eigenvalue weighted by Gasteiger charge is 2.07. The van der Waals surface area contributed by atoms with Gasteiger partial charge in [-0.25, -0.2) is 0 Å². The van der Waals surface area contributed by atoms with Crippen molar-refractivity contribution in [3.8, 4) is 0 Å². The minimum absolute atomic E-state index is 0.150. The number of thioether (sulfide) groups is 1. The van der Waals surface area contributed by atoms with Gasteiger partial charge in [-0.05, 0) is 24.5 Å². The third-order valence-electron chi connectivity index (χ3n) is 2.17. The number of rotatable bonds is 5. The van der Waals surface area contributed by atoms with Gasteiger partial charge in [-0.15, -0.1) is 11.8 Å². The summed E-state index contributed by atoms with van der Waals surface area (Å²) in [7, 11) is 0. The van der Waals surface area contributed by atoms with Crippen LogP contribution in [-0.2, 0) is 4.79 Å². The number of primary amides is 1. The average molecular weight is 224 g/mol. The molecule has 0 fully saturated rings. The minimum atomic E-state index is -0.275. The molecule has 0 aromatic heterocycles. The fourth-order valence-electron chi connectivity index (χ4n) is 1.10. The van der Waals surface area contributed by atoms with Crippen molar-refractivity contribution in [2.75, 3.05) is 18.1 Å². The fourth-order valence-corrected chi connectivity index (χ4v) is 1.56. The molecule has 0 spiro atoms. The second-order valence-electron chi connectivity index (χ2n) is 3.42. The molecule has 4 heteroatoms. The SMILES string of the molecule is CSc1cccc(NCC(C)C(N)=O)c1. The van der Waals surface area contributed by atoms with E-state index in [-0.39, 0.29) is 11.8 Å². The number of hydrogen-bond donors (Lipinski definition) is 2. The van der Waals surface area contributed by atoms with Crippen molar-refractivity contribution in [3.05, 3.63) is 24.3 Å². The monoisotopic (exact) mass is 224 g/mol. The first-order chi connectivity index (χ1) is 7.13. The number of nitrogens with two attached hydrogens (primary N) is 1. The van der Waals surface area contributed by atoms with Crippen LogP contribution in [0.15, 0.2) is 29.2 Å². The highest BCUT2D eigenvalue weighted by Crippen LogP contribution is 2.18. The topological polar surface area (TPSA) is 55.1 Å². The lowest BCUT2D eigenvalue weighted by Gasteiger charge is -2.10. The molecule has 82 valence electrons. The van der Waals surface area contributed by atoms with Crippen LogP contribution in [0.25, 0.3) is 0 Å². The maximum atomic E-state index is 10.8. The van der Waals surface area contributed by atoms with Crippen LogP contribution in [0.1, 0.15) is 6.92 Å². The van der Waals surface area contributed by atoms with Gasteiger partial charge in [-0.3, -0.25) is 4.79 Å². The zero-order chi connectivity index (χ0) is 11.3. The van der Waals surface area contributed by atoms with Crippen molar-refractivity contribution in [1.29, 1.82) is 0 Å². The molecule has 0 aliphatic carbocycles. The summed E-state index contributed by atoms with van der Waals surface area (Å²) in [6.45, 7) is 2.39. The van der Waals surface area contributed by atoms with Gasteiger partial charge in [0, 0.05) is 17.1 Å². The van der Waals surface area contributed by atoms with Gasteiger partial charge in [0.15, 0.2) is 0 Å². The fraction of sp³-hybridized carbons (Fsp3) is 0.364. The van der Waals surface area contributed by atoms with E-state index in [1.165, 1.54) is 4.90 Å². The van der Waals surface area contributed by atoms with Crippen LogP contribution in [0.2, 0.25) is 0 Å². The summed E-state index contributed by atoms with van der Waals surface area (Å²) in [6, 6.07) is 8.07. The molecule has 1 aromatic rings. The molecular weight excluding hydrogens is 208 g/mol. The molecule has 3 N–H and O–H groups in total. The van der Waals surface area contributed by atoms with Crippen LogP contribution in [-0.4, -0.2) is 18.7 Å². The molecule has 1 unspecified atom stereocenters. The van der Waals surface area contributed by atoms with Crippen LogP contribution in [0.5, 0.6) is 0 Å². The van der Waals surface area contributed by atoms with Crippen molar-refractivity contribution in [1.82, 2.24) is 0 Å². The molecule has 0 saturated carbocycles. The second kappa shape index (κ2) is 5.66. The Labute approximate surface area is 94.4 Å². The standard InChI is InChI=1S/C11H16N2OS/c1-8(11(12)14)7-13-9-4-3-5-10(6-9)15-2/h3-6,8,13H,7H2,1-2H3,(H2,12,14). The number of carbonyl (C=O) groups is 1. The van der Waals surface area contributed by atoms with Crippen molar-refractivity contribution < 1.29 is 4.79 Å². The summed E-state index contributed by atoms with van der Waals surface area (Å²) in [5, 5.41) is 3.19. The third kappa shape index (κ3) is 3.83. The lowest BCUT2D eigenvalue weighted by molar-refractivity contribution is -0.120. The molecule has 0 radical (unpaired) electrons. The van der Waals surface area contributed by atoms with E-state index >= 15 is 0 Å². The first kappa shape index (κ1) is 11.9. The Morgan fingerprint density at radius 1 is 1.60 bits per heavy atom. The zero-order valence-corrected chi connectivity index (χ0v) is 9.80. The predicted molar refractivity (Wildman–Crippen MR) is 65.1 cm³/mol. The highest BCUT2D eigenvalue weighted by molar-refractivity contribution is 7.98. The van der Waals surface area contributed by atoms with E-state index in [1.807, 2.05) is 31.4 Å². The van der Waals surface area contributed by atoms with Gasteiger partial charge in [-0.2, -0.15) is 0 Å². The van der Waals surface area contributed by atoms with E-state index in [4.69, 9.17) is 5.73 Å². The van der Waals surface area contributed by atoms with Gasteiger partial charge >= 0.3 is 0 Å². The average Bonchev–Trinajstić information content (AvgIpc) is 2.26. The van der Waals surface area contributed by atoms with Crippen molar-refractivity contribution in [2.45, 2.75) is 11.8 Å². The van der Waals surface area contributed by atoms with Crippen LogP contribution in [0, 0.1) is 5.92 Å². The minimum Gasteiger partial charge on any atom is -0.384 e. The zero-order valence-electron chi connectivity index (χ0n) is 8.99. The molecular formula is C11H16N2OS. The number of anilines is 1. The van der Waals surface area contributed by atoms with Gasteiger partial charge < -0.3 is 11.1 Å². The van der Waals surface area contributed by atoms with E-state index in [1.54, 1.807) is 11.8 Å². The molecule has 1 amide bonds. The van der Waals surface area contributed by atoms with Crippen LogP contribution in [0.4, 0.5) is 5.69 Å². The lowest BCUT2D eigenvalue weighted by atomic mass is 10.1. The maximum absolute atomic E-state index is 10.8. The molecule has 1 rings (SSSR count). The Balaban J connectivity index is 2.53. The van der Waals surface area contributed by atoms with Gasteiger partial charge in [0.2, 0.25) is 5.91 Å². The quantitative estimate of drug-likeness (QED) is 0.752. The van der Waals surface area contributed by atoms with Gasteiger partial charge in [-0.1, -0.05) is 13.0 Å². The lowest BCUT2D eigenvalue weighted by Crippen LogP contribution is -2.26. The van der Waals surface area contributed by atoms with Gasteiger partial charge in [0.1, 0.15) is 0 Å². The summed E-state index contributed by atoms with van der Waals surface area (Å²) in [5.41, 5.74) is 6.20. The molecule has 0 aliphatic heterocycles. The predicted octanol–water partition coefficient (Wildman–Crippen LogP) is 1.94. The van der Waals surface area contributed by atoms with E-state index in [9.17, 15) is 4.79 Å². The first-order valence-electron chi connectivity index (χ1n) is 4.80. The number of benzene rings is 1. The summed E-state index contributed by atoms with van der Waals surface area (Å²) < 4.78 is 0. The van der Waals surface area contributed by atoms with Crippen molar-refractivity contribution in [3.63, 3.8) is 0 Å². The first-order valence-corrected chi connectivity index (χ1v) is 6.03. The summed E-state index contributed by atoms with van der Waals surface area (Å²) in [5.74, 6) is -0.425. The Morgan fingerprint density at radius 2 is 2.33 bits per heavy atom. The molecule has 1 atom stereocenters. The molecule has 0 saturated heterocycles. The Kier molecular flexibility index (Phi) is 4.49. The molecule has 0 heterocycles. The van der Waals surface area contributed by atoms with Crippen molar-refractivity contribution in [2.24, 2.45) is 11.7 Å². The number of amides is 1. The van der Waals surface area contributed by atoms with Crippen LogP contribution >= 0.6 is 11.8 Å². The third-order valence-corrected chi connectivity index (χ3v) is 2.89. The largest absolute Gasteiger partial charge is 0.384 e. The van der Waals surface area contributed by atoms with E-state index in [2.05, 4.69) is 11.4 Å². The smallest absolute Gasteiger partial charge is 0.222 e. The summed E-state index contributed by atoms with van der Waals surface area (Å²) in [6.07, 6.45) is 2.03. The molecule has 1 aromatic carbocycles. The summed E-state index contributed by atoms with van der Waals surface area (Å²) in [4.78, 5) is 12.0. The molecule has 0 aliphatic rings. The Morgan fingerprint density at radius 3 is 2.93 bits per heavy atom. The normalized spacial score (nSPS) is 12.1. The number of nitrogens with one attached hydrogen (secondary N) is 1. The van der Waals surface area contributed by atoms with E-state index in [0.29, 0.717) is 6.54 Å². The Bertz CT molecular complexity index is 341. The van der Waals surface area contributed by atoms with Crippen molar-refractivity contribution >= 4 is 23.4 Å².